The Labute approximate surface area is 136 Å². The van der Waals surface area contributed by atoms with Crippen molar-refractivity contribution in [1.82, 2.24) is 15.0 Å². The molecule has 2 aromatic carbocycles. The Kier molecular flexibility index (Phi) is 5.04. The second-order valence-electron chi connectivity index (χ2n) is 5.49. The van der Waals surface area contributed by atoms with Gasteiger partial charge in [0.25, 0.3) is 0 Å². The summed E-state index contributed by atoms with van der Waals surface area (Å²) in [5, 5.41) is 7.95. The predicted molar refractivity (Wildman–Crippen MR) is 91.1 cm³/mol. The van der Waals surface area contributed by atoms with Crippen LogP contribution in [0.5, 0.6) is 5.75 Å². The van der Waals surface area contributed by atoms with Gasteiger partial charge in [-0.1, -0.05) is 61.0 Å². The molecule has 118 valence electrons. The molecule has 3 aromatic rings. The molecule has 0 aliphatic heterocycles. The van der Waals surface area contributed by atoms with Crippen molar-refractivity contribution in [3.8, 4) is 16.9 Å². The van der Waals surface area contributed by atoms with E-state index in [4.69, 9.17) is 4.74 Å². The maximum atomic E-state index is 6.11. The van der Waals surface area contributed by atoms with Crippen LogP contribution in [0.3, 0.4) is 0 Å². The van der Waals surface area contributed by atoms with Crippen LogP contribution in [0, 0.1) is 0 Å². The molecule has 0 bridgehead atoms. The molecule has 0 saturated heterocycles. The van der Waals surface area contributed by atoms with Crippen molar-refractivity contribution in [1.29, 1.82) is 0 Å². The van der Waals surface area contributed by atoms with Gasteiger partial charge in [-0.3, -0.25) is 0 Å². The van der Waals surface area contributed by atoms with E-state index >= 15 is 0 Å². The molecular formula is C19H21N3O. The molecule has 1 aromatic heterocycles. The third-order valence-electron chi connectivity index (χ3n) is 3.77. The Morgan fingerprint density at radius 3 is 2.39 bits per heavy atom. The molecule has 1 heterocycles. The second-order valence-corrected chi connectivity index (χ2v) is 5.49. The fourth-order valence-corrected chi connectivity index (χ4v) is 2.51. The molecule has 0 aliphatic rings. The van der Waals surface area contributed by atoms with E-state index in [9.17, 15) is 0 Å². The molecular weight excluding hydrogens is 286 g/mol. The van der Waals surface area contributed by atoms with Crippen LogP contribution >= 0.6 is 0 Å². The minimum absolute atomic E-state index is 0.111. The SMILES string of the molecule is CCCCC(Oc1ccc(-c2ccccc2)cc1)n1ccnn1. The van der Waals surface area contributed by atoms with Crippen LogP contribution in [0.1, 0.15) is 32.4 Å². The van der Waals surface area contributed by atoms with Crippen LogP contribution in [0.25, 0.3) is 11.1 Å². The summed E-state index contributed by atoms with van der Waals surface area (Å²) in [6.45, 7) is 2.17. The van der Waals surface area contributed by atoms with Crippen molar-refractivity contribution in [3.63, 3.8) is 0 Å². The molecule has 0 radical (unpaired) electrons. The zero-order chi connectivity index (χ0) is 15.9. The number of aromatic nitrogens is 3. The smallest absolute Gasteiger partial charge is 0.193 e. The van der Waals surface area contributed by atoms with Crippen molar-refractivity contribution in [2.24, 2.45) is 0 Å². The van der Waals surface area contributed by atoms with Crippen LogP contribution in [0.2, 0.25) is 0 Å². The Hall–Kier alpha value is -2.62. The molecule has 1 atom stereocenters. The van der Waals surface area contributed by atoms with Gasteiger partial charge in [-0.15, -0.1) is 5.10 Å². The topological polar surface area (TPSA) is 39.9 Å². The van der Waals surface area contributed by atoms with Gasteiger partial charge < -0.3 is 4.74 Å². The Morgan fingerprint density at radius 1 is 1.00 bits per heavy atom. The Morgan fingerprint density at radius 2 is 1.74 bits per heavy atom. The maximum absolute atomic E-state index is 6.11. The van der Waals surface area contributed by atoms with E-state index in [2.05, 4.69) is 41.5 Å². The fourth-order valence-electron chi connectivity index (χ4n) is 2.51. The maximum Gasteiger partial charge on any atom is 0.193 e. The van der Waals surface area contributed by atoms with Gasteiger partial charge in [0.15, 0.2) is 6.23 Å². The van der Waals surface area contributed by atoms with Crippen molar-refractivity contribution in [2.45, 2.75) is 32.4 Å². The van der Waals surface area contributed by atoms with Gasteiger partial charge >= 0.3 is 0 Å². The first-order chi connectivity index (χ1) is 11.4. The normalized spacial score (nSPS) is 12.0. The molecule has 0 spiro atoms. The van der Waals surface area contributed by atoms with Gasteiger partial charge in [0.1, 0.15) is 5.75 Å². The van der Waals surface area contributed by atoms with E-state index < -0.39 is 0 Å². The first-order valence-corrected chi connectivity index (χ1v) is 8.05. The standard InChI is InChI=1S/C19H21N3O/c1-2-3-9-19(22-15-14-20-21-22)23-18-12-10-17(11-13-18)16-7-5-4-6-8-16/h4-8,10-15,19H,2-3,9H2,1H3. The number of unbranched alkanes of at least 4 members (excludes halogenated alkanes) is 1. The molecule has 0 aliphatic carbocycles. The fraction of sp³-hybridized carbons (Fsp3) is 0.263. The van der Waals surface area contributed by atoms with Gasteiger partial charge in [-0.05, 0) is 29.7 Å². The first kappa shape index (κ1) is 15.3. The number of hydrogen-bond donors (Lipinski definition) is 0. The molecule has 1 unspecified atom stereocenters. The van der Waals surface area contributed by atoms with Gasteiger partial charge in [0.2, 0.25) is 0 Å². The highest BCUT2D eigenvalue weighted by atomic mass is 16.5. The summed E-state index contributed by atoms with van der Waals surface area (Å²) < 4.78 is 7.89. The lowest BCUT2D eigenvalue weighted by atomic mass is 10.1. The van der Waals surface area contributed by atoms with Crippen LogP contribution < -0.4 is 4.74 Å². The summed E-state index contributed by atoms with van der Waals surface area (Å²) >= 11 is 0. The summed E-state index contributed by atoms with van der Waals surface area (Å²) in [6, 6.07) is 18.5. The van der Waals surface area contributed by atoms with Crippen molar-refractivity contribution in [2.75, 3.05) is 0 Å². The lowest BCUT2D eigenvalue weighted by Crippen LogP contribution is -2.16. The van der Waals surface area contributed by atoms with Crippen LogP contribution in [-0.2, 0) is 0 Å². The third kappa shape index (κ3) is 3.97. The highest BCUT2D eigenvalue weighted by Gasteiger charge is 2.13. The van der Waals surface area contributed by atoms with Gasteiger partial charge in [-0.25, -0.2) is 4.68 Å². The number of nitrogens with zero attached hydrogens (tertiary/aromatic N) is 3. The van der Waals surface area contributed by atoms with E-state index in [1.807, 2.05) is 36.5 Å². The van der Waals surface area contributed by atoms with Crippen LogP contribution in [0.15, 0.2) is 67.0 Å². The summed E-state index contributed by atoms with van der Waals surface area (Å²) in [4.78, 5) is 0. The zero-order valence-corrected chi connectivity index (χ0v) is 13.3. The van der Waals surface area contributed by atoms with E-state index in [1.54, 1.807) is 10.9 Å². The molecule has 23 heavy (non-hydrogen) atoms. The average molecular weight is 307 g/mol. The van der Waals surface area contributed by atoms with E-state index in [0.717, 1.165) is 25.0 Å². The summed E-state index contributed by atoms with van der Waals surface area (Å²) in [5.41, 5.74) is 2.39. The Balaban J connectivity index is 1.73. The van der Waals surface area contributed by atoms with Crippen LogP contribution in [-0.4, -0.2) is 15.0 Å². The molecule has 3 rings (SSSR count). The zero-order valence-electron chi connectivity index (χ0n) is 13.3. The minimum atomic E-state index is -0.111. The van der Waals surface area contributed by atoms with Crippen molar-refractivity contribution >= 4 is 0 Å². The van der Waals surface area contributed by atoms with Gasteiger partial charge in [0, 0.05) is 12.6 Å². The predicted octanol–water partition coefficient (Wildman–Crippen LogP) is 4.71. The quantitative estimate of drug-likeness (QED) is 0.634. The monoisotopic (exact) mass is 307 g/mol. The lowest BCUT2D eigenvalue weighted by Gasteiger charge is -2.19. The molecule has 4 heteroatoms. The van der Waals surface area contributed by atoms with Gasteiger partial charge in [-0.2, -0.15) is 0 Å². The average Bonchev–Trinajstić information content (AvgIpc) is 3.14. The van der Waals surface area contributed by atoms with E-state index in [0.29, 0.717) is 0 Å². The number of rotatable bonds is 7. The summed E-state index contributed by atoms with van der Waals surface area (Å²) in [7, 11) is 0. The van der Waals surface area contributed by atoms with Crippen LogP contribution in [0.4, 0.5) is 0 Å². The number of hydrogen-bond acceptors (Lipinski definition) is 3. The van der Waals surface area contributed by atoms with Crippen molar-refractivity contribution < 1.29 is 4.74 Å². The largest absolute Gasteiger partial charge is 0.469 e. The first-order valence-electron chi connectivity index (χ1n) is 8.05. The van der Waals surface area contributed by atoms with E-state index in [-0.39, 0.29) is 6.23 Å². The van der Waals surface area contributed by atoms with Gasteiger partial charge in [0.05, 0.1) is 6.20 Å². The Bertz CT molecular complexity index is 693. The number of benzene rings is 2. The number of ether oxygens (including phenoxy) is 1. The lowest BCUT2D eigenvalue weighted by molar-refractivity contribution is 0.104. The molecule has 0 fully saturated rings. The molecule has 4 nitrogen and oxygen atoms in total. The molecule has 0 amide bonds. The minimum Gasteiger partial charge on any atom is -0.469 e. The molecule has 0 saturated carbocycles. The molecule has 0 N–H and O–H groups in total. The van der Waals surface area contributed by atoms with Crippen molar-refractivity contribution in [3.05, 3.63) is 67.0 Å². The van der Waals surface area contributed by atoms with E-state index in [1.165, 1.54) is 11.1 Å². The third-order valence-corrected chi connectivity index (χ3v) is 3.77. The highest BCUT2D eigenvalue weighted by molar-refractivity contribution is 5.63. The summed E-state index contributed by atoms with van der Waals surface area (Å²) in [6.07, 6.45) is 6.55. The second kappa shape index (κ2) is 7.58. The highest BCUT2D eigenvalue weighted by Crippen LogP contribution is 2.25. The summed E-state index contributed by atoms with van der Waals surface area (Å²) in [5.74, 6) is 0.848.